The normalized spacial score (nSPS) is 11.9. The fraction of sp³-hybridized carbons (Fsp3) is 0.800. The minimum Gasteiger partial charge on any atom is -0.383 e. The Hall–Kier alpha value is -1.08. The molecule has 0 bridgehead atoms. The van der Waals surface area contributed by atoms with E-state index in [4.69, 9.17) is 10.00 Å². The zero-order chi connectivity index (χ0) is 11.0. The molecular weight excluding hydrogens is 180 g/mol. The zero-order valence-electron chi connectivity index (χ0n) is 9.12. The van der Waals surface area contributed by atoms with Crippen LogP contribution in [0, 0.1) is 11.3 Å². The van der Waals surface area contributed by atoms with Gasteiger partial charge in [-0.2, -0.15) is 5.26 Å². The Morgan fingerprint density at radius 2 is 2.29 bits per heavy atom. The van der Waals surface area contributed by atoms with E-state index in [2.05, 4.69) is 0 Å². The van der Waals surface area contributed by atoms with Crippen LogP contribution in [0.15, 0.2) is 0 Å². The summed E-state index contributed by atoms with van der Waals surface area (Å²) in [6, 6.07) is 2.04. The zero-order valence-corrected chi connectivity index (χ0v) is 9.12. The highest BCUT2D eigenvalue weighted by atomic mass is 16.5. The van der Waals surface area contributed by atoms with Crippen LogP contribution < -0.4 is 0 Å². The van der Waals surface area contributed by atoms with Gasteiger partial charge in [-0.3, -0.25) is 4.79 Å². The monoisotopic (exact) mass is 198 g/mol. The molecule has 0 aliphatic heterocycles. The van der Waals surface area contributed by atoms with Crippen molar-refractivity contribution in [2.45, 2.75) is 32.7 Å². The summed E-state index contributed by atoms with van der Waals surface area (Å²) >= 11 is 0. The third-order valence-electron chi connectivity index (χ3n) is 2.21. The predicted molar refractivity (Wildman–Crippen MR) is 53.6 cm³/mol. The van der Waals surface area contributed by atoms with Crippen LogP contribution in [0.2, 0.25) is 0 Å². The molecule has 0 N–H and O–H groups in total. The molecule has 0 radical (unpaired) electrons. The molecule has 4 heteroatoms. The van der Waals surface area contributed by atoms with Crippen molar-refractivity contribution in [1.82, 2.24) is 4.90 Å². The highest BCUT2D eigenvalue weighted by molar-refractivity contribution is 5.78. The fourth-order valence-electron chi connectivity index (χ4n) is 1.17. The number of amides is 1. The molecule has 14 heavy (non-hydrogen) atoms. The molecule has 80 valence electrons. The quantitative estimate of drug-likeness (QED) is 0.643. The number of methoxy groups -OCH3 is 1. The summed E-state index contributed by atoms with van der Waals surface area (Å²) in [4.78, 5) is 13.2. The lowest BCUT2D eigenvalue weighted by Crippen LogP contribution is -2.40. The van der Waals surface area contributed by atoms with Gasteiger partial charge in [0.05, 0.1) is 12.7 Å². The minimum absolute atomic E-state index is 0.0476. The molecular formula is C10H18N2O2. The van der Waals surface area contributed by atoms with Crippen molar-refractivity contribution in [1.29, 1.82) is 5.26 Å². The number of hydrogen-bond acceptors (Lipinski definition) is 3. The third-order valence-corrected chi connectivity index (χ3v) is 2.21. The molecule has 0 rings (SSSR count). The van der Waals surface area contributed by atoms with E-state index in [0.717, 1.165) is 6.42 Å². The smallest absolute Gasteiger partial charge is 0.237 e. The van der Waals surface area contributed by atoms with E-state index in [1.807, 2.05) is 19.9 Å². The van der Waals surface area contributed by atoms with Crippen molar-refractivity contribution in [3.05, 3.63) is 0 Å². The number of carbonyl (C=O) groups excluding carboxylic acids is 1. The van der Waals surface area contributed by atoms with Gasteiger partial charge in [0.15, 0.2) is 0 Å². The second-order valence-corrected chi connectivity index (χ2v) is 3.17. The number of nitriles is 1. The Bertz CT molecular complexity index is 211. The molecule has 1 amide bonds. The van der Waals surface area contributed by atoms with Crippen molar-refractivity contribution in [3.63, 3.8) is 0 Å². The standard InChI is InChI=1S/C10H18N2O2/c1-4-9(2)12(7-8-14-3)10(13)5-6-11/h9H,4-5,7-8H2,1-3H3. The van der Waals surface area contributed by atoms with Crippen LogP contribution in [0.4, 0.5) is 0 Å². The molecule has 0 aromatic rings. The Morgan fingerprint density at radius 3 is 2.71 bits per heavy atom. The molecule has 0 saturated heterocycles. The largest absolute Gasteiger partial charge is 0.383 e. The predicted octanol–water partition coefficient (Wildman–Crippen LogP) is 1.17. The van der Waals surface area contributed by atoms with Crippen molar-refractivity contribution >= 4 is 5.91 Å². The van der Waals surface area contributed by atoms with E-state index in [9.17, 15) is 4.79 Å². The van der Waals surface area contributed by atoms with Gasteiger partial charge in [-0.15, -0.1) is 0 Å². The molecule has 0 aromatic heterocycles. The lowest BCUT2D eigenvalue weighted by molar-refractivity contribution is -0.132. The molecule has 0 aromatic carbocycles. The molecule has 1 unspecified atom stereocenters. The van der Waals surface area contributed by atoms with E-state index >= 15 is 0 Å². The number of rotatable bonds is 6. The average molecular weight is 198 g/mol. The Kier molecular flexibility index (Phi) is 6.77. The number of ether oxygens (including phenoxy) is 1. The first-order valence-electron chi connectivity index (χ1n) is 4.82. The maximum absolute atomic E-state index is 11.5. The van der Waals surface area contributed by atoms with Crippen molar-refractivity contribution in [3.8, 4) is 6.07 Å². The second kappa shape index (κ2) is 7.34. The van der Waals surface area contributed by atoms with Crippen molar-refractivity contribution < 1.29 is 9.53 Å². The summed E-state index contributed by atoms with van der Waals surface area (Å²) < 4.78 is 4.92. The van der Waals surface area contributed by atoms with E-state index in [0.29, 0.717) is 13.2 Å². The third kappa shape index (κ3) is 4.24. The van der Waals surface area contributed by atoms with Gasteiger partial charge in [-0.05, 0) is 13.3 Å². The van der Waals surface area contributed by atoms with E-state index in [-0.39, 0.29) is 18.4 Å². The summed E-state index contributed by atoms with van der Waals surface area (Å²) in [6.07, 6.45) is 0.842. The first-order valence-corrected chi connectivity index (χ1v) is 4.82. The highest BCUT2D eigenvalue weighted by Gasteiger charge is 2.17. The van der Waals surface area contributed by atoms with Crippen LogP contribution in [0.3, 0.4) is 0 Å². The van der Waals surface area contributed by atoms with Crippen LogP contribution in [0.25, 0.3) is 0 Å². The van der Waals surface area contributed by atoms with Gasteiger partial charge in [-0.25, -0.2) is 0 Å². The second-order valence-electron chi connectivity index (χ2n) is 3.17. The number of hydrogen-bond donors (Lipinski definition) is 0. The van der Waals surface area contributed by atoms with E-state index in [1.54, 1.807) is 12.0 Å². The molecule has 4 nitrogen and oxygen atoms in total. The summed E-state index contributed by atoms with van der Waals surface area (Å²) in [7, 11) is 1.60. The summed E-state index contributed by atoms with van der Waals surface area (Å²) in [6.45, 7) is 5.07. The van der Waals surface area contributed by atoms with Gasteiger partial charge >= 0.3 is 0 Å². The van der Waals surface area contributed by atoms with Crippen LogP contribution in [0.1, 0.15) is 26.7 Å². The first-order chi connectivity index (χ1) is 6.67. The molecule has 0 aliphatic rings. The topological polar surface area (TPSA) is 53.3 Å². The van der Waals surface area contributed by atoms with Gasteiger partial charge < -0.3 is 9.64 Å². The lowest BCUT2D eigenvalue weighted by Gasteiger charge is -2.27. The van der Waals surface area contributed by atoms with Gasteiger partial charge in [0.2, 0.25) is 5.91 Å². The Balaban J connectivity index is 4.23. The van der Waals surface area contributed by atoms with Crippen LogP contribution in [-0.2, 0) is 9.53 Å². The molecule has 0 fully saturated rings. The molecule has 0 heterocycles. The van der Waals surface area contributed by atoms with Gasteiger partial charge in [-0.1, -0.05) is 6.92 Å². The number of carbonyl (C=O) groups is 1. The lowest BCUT2D eigenvalue weighted by atomic mass is 10.2. The van der Waals surface area contributed by atoms with E-state index < -0.39 is 0 Å². The van der Waals surface area contributed by atoms with Crippen LogP contribution in [-0.4, -0.2) is 37.1 Å². The van der Waals surface area contributed by atoms with Gasteiger partial charge in [0, 0.05) is 19.7 Å². The van der Waals surface area contributed by atoms with Crippen molar-refractivity contribution in [2.24, 2.45) is 0 Å². The Labute approximate surface area is 85.5 Å². The maximum Gasteiger partial charge on any atom is 0.237 e. The fourth-order valence-corrected chi connectivity index (χ4v) is 1.17. The van der Waals surface area contributed by atoms with Crippen molar-refractivity contribution in [2.75, 3.05) is 20.3 Å². The summed E-state index contributed by atoms with van der Waals surface area (Å²) in [5.74, 6) is -0.112. The Morgan fingerprint density at radius 1 is 1.64 bits per heavy atom. The van der Waals surface area contributed by atoms with Crippen LogP contribution in [0.5, 0.6) is 0 Å². The minimum atomic E-state index is -0.112. The average Bonchev–Trinajstić information content (AvgIpc) is 2.18. The SMILES string of the molecule is CCC(C)N(CCOC)C(=O)CC#N. The summed E-state index contributed by atoms with van der Waals surface area (Å²) in [5, 5.41) is 8.44. The van der Waals surface area contributed by atoms with Crippen LogP contribution >= 0.6 is 0 Å². The molecule has 1 atom stereocenters. The number of nitrogens with zero attached hydrogens (tertiary/aromatic N) is 2. The van der Waals surface area contributed by atoms with Gasteiger partial charge in [0.1, 0.15) is 6.42 Å². The molecule has 0 spiro atoms. The summed E-state index contributed by atoms with van der Waals surface area (Å²) in [5.41, 5.74) is 0. The maximum atomic E-state index is 11.5. The first kappa shape index (κ1) is 12.9. The highest BCUT2D eigenvalue weighted by Crippen LogP contribution is 2.05. The molecule has 0 saturated carbocycles. The molecule has 0 aliphatic carbocycles. The van der Waals surface area contributed by atoms with E-state index in [1.165, 1.54) is 0 Å². The van der Waals surface area contributed by atoms with Gasteiger partial charge in [0.25, 0.3) is 0 Å².